The first-order valence-electron chi connectivity index (χ1n) is 6.62. The number of carbonyl (C=O) groups excluding carboxylic acids is 2. The van der Waals surface area contributed by atoms with Gasteiger partial charge in [0.05, 0.1) is 12.6 Å². The van der Waals surface area contributed by atoms with Crippen LogP contribution in [0.15, 0.2) is 24.3 Å². The Morgan fingerprint density at radius 2 is 2.10 bits per heavy atom. The Morgan fingerprint density at radius 1 is 1.40 bits per heavy atom. The fourth-order valence-electron chi connectivity index (χ4n) is 2.18. The average molecular weight is 277 g/mol. The van der Waals surface area contributed by atoms with Crippen LogP contribution in [0.1, 0.15) is 12.0 Å². The Balaban J connectivity index is 1.93. The highest BCUT2D eigenvalue weighted by atomic mass is 16.3. The van der Waals surface area contributed by atoms with E-state index in [2.05, 4.69) is 10.6 Å². The summed E-state index contributed by atoms with van der Waals surface area (Å²) in [6, 6.07) is 7.16. The Bertz CT molecular complexity index is 487. The molecule has 0 radical (unpaired) electrons. The lowest BCUT2D eigenvalue weighted by molar-refractivity contribution is -0.117. The summed E-state index contributed by atoms with van der Waals surface area (Å²) >= 11 is 0. The molecule has 0 saturated carbocycles. The van der Waals surface area contributed by atoms with Gasteiger partial charge in [-0.3, -0.25) is 4.79 Å². The van der Waals surface area contributed by atoms with Crippen molar-refractivity contribution in [1.29, 1.82) is 0 Å². The minimum atomic E-state index is -0.359. The minimum Gasteiger partial charge on any atom is -0.395 e. The Hall–Kier alpha value is -2.08. The Kier molecular flexibility index (Phi) is 4.57. The van der Waals surface area contributed by atoms with Gasteiger partial charge in [0.15, 0.2) is 0 Å². The number of amides is 3. The highest BCUT2D eigenvalue weighted by Gasteiger charge is 2.31. The maximum Gasteiger partial charge on any atom is 0.315 e. The van der Waals surface area contributed by atoms with E-state index in [-0.39, 0.29) is 31.1 Å². The number of hydrogen-bond acceptors (Lipinski definition) is 3. The number of urea groups is 1. The lowest BCUT2D eigenvalue weighted by Gasteiger charge is -2.17. The molecule has 6 nitrogen and oxygen atoms in total. The van der Waals surface area contributed by atoms with Crippen molar-refractivity contribution in [1.82, 2.24) is 10.6 Å². The minimum absolute atomic E-state index is 0.00121. The molecule has 2 rings (SSSR count). The van der Waals surface area contributed by atoms with Gasteiger partial charge in [-0.1, -0.05) is 17.7 Å². The summed E-state index contributed by atoms with van der Waals surface area (Å²) in [5, 5.41) is 13.9. The smallest absolute Gasteiger partial charge is 0.315 e. The van der Waals surface area contributed by atoms with E-state index in [9.17, 15) is 9.59 Å². The van der Waals surface area contributed by atoms with Gasteiger partial charge < -0.3 is 20.6 Å². The predicted molar refractivity (Wildman–Crippen MR) is 75.6 cm³/mol. The molecule has 1 aliphatic rings. The number of aliphatic hydroxyl groups is 1. The summed E-state index contributed by atoms with van der Waals surface area (Å²) in [6.45, 7) is 2.56. The SMILES string of the molecule is Cc1ccc(N2CC(NC(=O)NCCO)CC2=O)cc1. The van der Waals surface area contributed by atoms with Gasteiger partial charge in [-0.05, 0) is 19.1 Å². The van der Waals surface area contributed by atoms with E-state index in [1.54, 1.807) is 4.90 Å². The molecule has 20 heavy (non-hydrogen) atoms. The lowest BCUT2D eigenvalue weighted by atomic mass is 10.2. The molecule has 6 heteroatoms. The Morgan fingerprint density at radius 3 is 2.75 bits per heavy atom. The molecule has 1 fully saturated rings. The van der Waals surface area contributed by atoms with Crippen LogP contribution in [0.4, 0.5) is 10.5 Å². The normalized spacial score (nSPS) is 18.2. The standard InChI is InChI=1S/C14H19N3O3/c1-10-2-4-12(5-3-10)17-9-11(8-13(17)19)16-14(20)15-6-7-18/h2-5,11,18H,6-9H2,1H3,(H2,15,16,20). The molecule has 0 aliphatic carbocycles. The molecule has 1 heterocycles. The number of rotatable bonds is 4. The number of benzene rings is 1. The topological polar surface area (TPSA) is 81.7 Å². The summed E-state index contributed by atoms with van der Waals surface area (Å²) in [4.78, 5) is 25.1. The molecule has 0 aromatic heterocycles. The summed E-state index contributed by atoms with van der Waals surface area (Å²) in [7, 11) is 0. The Labute approximate surface area is 117 Å². The van der Waals surface area contributed by atoms with Gasteiger partial charge in [-0.25, -0.2) is 4.79 Å². The van der Waals surface area contributed by atoms with E-state index >= 15 is 0 Å². The fraction of sp³-hybridized carbons (Fsp3) is 0.429. The zero-order chi connectivity index (χ0) is 14.5. The summed E-state index contributed by atoms with van der Waals surface area (Å²) in [5.74, 6) is 0.00121. The van der Waals surface area contributed by atoms with E-state index in [1.165, 1.54) is 0 Å². The number of nitrogens with zero attached hydrogens (tertiary/aromatic N) is 1. The van der Waals surface area contributed by atoms with Crippen LogP contribution in [0.5, 0.6) is 0 Å². The zero-order valence-electron chi connectivity index (χ0n) is 11.4. The molecule has 3 N–H and O–H groups in total. The van der Waals surface area contributed by atoms with Gasteiger partial charge in [0.1, 0.15) is 0 Å². The second-order valence-corrected chi connectivity index (χ2v) is 4.86. The molecular weight excluding hydrogens is 258 g/mol. The van der Waals surface area contributed by atoms with E-state index in [4.69, 9.17) is 5.11 Å². The van der Waals surface area contributed by atoms with Gasteiger partial charge in [0.2, 0.25) is 5.91 Å². The van der Waals surface area contributed by atoms with Gasteiger partial charge in [-0.2, -0.15) is 0 Å². The first-order valence-corrected chi connectivity index (χ1v) is 6.62. The van der Waals surface area contributed by atoms with Crippen molar-refractivity contribution in [2.24, 2.45) is 0 Å². The van der Waals surface area contributed by atoms with E-state index in [0.29, 0.717) is 13.0 Å². The van der Waals surface area contributed by atoms with E-state index < -0.39 is 0 Å². The third-order valence-corrected chi connectivity index (χ3v) is 3.20. The van der Waals surface area contributed by atoms with E-state index in [1.807, 2.05) is 31.2 Å². The molecule has 1 atom stereocenters. The molecule has 0 spiro atoms. The van der Waals surface area contributed by atoms with Crippen LogP contribution in [0, 0.1) is 6.92 Å². The van der Waals surface area contributed by atoms with Gasteiger partial charge in [0, 0.05) is 25.2 Å². The highest BCUT2D eigenvalue weighted by Crippen LogP contribution is 2.21. The fourth-order valence-corrected chi connectivity index (χ4v) is 2.18. The van der Waals surface area contributed by atoms with Crippen LogP contribution in [-0.4, -0.2) is 42.8 Å². The summed E-state index contributed by atoms with van der Waals surface area (Å²) in [6.07, 6.45) is 0.292. The van der Waals surface area contributed by atoms with Crippen LogP contribution >= 0.6 is 0 Å². The van der Waals surface area contributed by atoms with Crippen molar-refractivity contribution in [3.8, 4) is 0 Å². The number of nitrogens with one attached hydrogen (secondary N) is 2. The number of aryl methyl sites for hydroxylation is 1. The van der Waals surface area contributed by atoms with Crippen molar-refractivity contribution in [3.05, 3.63) is 29.8 Å². The monoisotopic (exact) mass is 277 g/mol. The molecule has 3 amide bonds. The van der Waals surface area contributed by atoms with Crippen molar-refractivity contribution in [2.45, 2.75) is 19.4 Å². The van der Waals surface area contributed by atoms with E-state index in [0.717, 1.165) is 11.3 Å². The molecule has 1 saturated heterocycles. The number of aliphatic hydroxyl groups excluding tert-OH is 1. The van der Waals surface area contributed by atoms with Gasteiger partial charge >= 0.3 is 6.03 Å². The second-order valence-electron chi connectivity index (χ2n) is 4.86. The molecular formula is C14H19N3O3. The third-order valence-electron chi connectivity index (χ3n) is 3.20. The molecule has 0 bridgehead atoms. The average Bonchev–Trinajstić information content (AvgIpc) is 2.78. The summed E-state index contributed by atoms with van der Waals surface area (Å²) in [5.41, 5.74) is 1.99. The van der Waals surface area contributed by atoms with Crippen LogP contribution in [0.3, 0.4) is 0 Å². The molecule has 108 valence electrons. The zero-order valence-corrected chi connectivity index (χ0v) is 11.4. The van der Waals surface area contributed by atoms with Crippen LogP contribution in [0.25, 0.3) is 0 Å². The highest BCUT2D eigenvalue weighted by molar-refractivity contribution is 5.96. The molecule has 1 aromatic rings. The molecule has 1 aromatic carbocycles. The first-order chi connectivity index (χ1) is 9.60. The van der Waals surface area contributed by atoms with Gasteiger partial charge in [0.25, 0.3) is 0 Å². The van der Waals surface area contributed by atoms with Crippen molar-refractivity contribution in [2.75, 3.05) is 24.6 Å². The maximum absolute atomic E-state index is 12.0. The second kappa shape index (κ2) is 6.38. The van der Waals surface area contributed by atoms with Crippen molar-refractivity contribution < 1.29 is 14.7 Å². The molecule has 1 unspecified atom stereocenters. The number of anilines is 1. The number of hydrogen-bond donors (Lipinski definition) is 3. The summed E-state index contributed by atoms with van der Waals surface area (Å²) < 4.78 is 0. The number of carbonyl (C=O) groups is 2. The van der Waals surface area contributed by atoms with Crippen molar-refractivity contribution >= 4 is 17.6 Å². The first kappa shape index (κ1) is 14.3. The maximum atomic E-state index is 12.0. The van der Waals surface area contributed by atoms with Crippen LogP contribution in [0.2, 0.25) is 0 Å². The van der Waals surface area contributed by atoms with Crippen molar-refractivity contribution in [3.63, 3.8) is 0 Å². The van der Waals surface area contributed by atoms with Crippen LogP contribution < -0.4 is 15.5 Å². The molecule has 1 aliphatic heterocycles. The third kappa shape index (κ3) is 3.48. The largest absolute Gasteiger partial charge is 0.395 e. The van der Waals surface area contributed by atoms with Crippen LogP contribution in [-0.2, 0) is 4.79 Å². The quantitative estimate of drug-likeness (QED) is 0.744. The van der Waals surface area contributed by atoms with Gasteiger partial charge in [-0.15, -0.1) is 0 Å². The predicted octanol–water partition coefficient (Wildman–Crippen LogP) is 0.392. The lowest BCUT2D eigenvalue weighted by Crippen LogP contribution is -2.44.